The van der Waals surface area contributed by atoms with Gasteiger partial charge < -0.3 is 14.7 Å². The third-order valence-electron chi connectivity index (χ3n) is 5.54. The second kappa shape index (κ2) is 11.7. The Bertz CT molecular complexity index is 1030. The fourth-order valence-electron chi connectivity index (χ4n) is 3.92. The largest absolute Gasteiger partial charge is 0.390 e. The molecule has 2 atom stereocenters. The van der Waals surface area contributed by atoms with Gasteiger partial charge in [-0.3, -0.25) is 4.90 Å². The van der Waals surface area contributed by atoms with Crippen molar-refractivity contribution in [3.63, 3.8) is 0 Å². The SMILES string of the molecule is O[C@H](COCc1ccccc1)CN(Cc1ccccc1F)C[C@@H]1CC(c2ccccc2)=NO1. The molecule has 0 aliphatic carbocycles. The first kappa shape index (κ1) is 23.1. The normalized spacial score (nSPS) is 16.5. The van der Waals surface area contributed by atoms with Crippen molar-refractivity contribution in [1.29, 1.82) is 0 Å². The zero-order valence-electron chi connectivity index (χ0n) is 18.5. The van der Waals surface area contributed by atoms with Crippen molar-refractivity contribution in [3.8, 4) is 0 Å². The first-order valence-electron chi connectivity index (χ1n) is 11.2. The van der Waals surface area contributed by atoms with E-state index in [1.165, 1.54) is 6.07 Å². The van der Waals surface area contributed by atoms with Gasteiger partial charge in [-0.2, -0.15) is 0 Å². The van der Waals surface area contributed by atoms with E-state index in [0.29, 0.717) is 38.2 Å². The molecule has 33 heavy (non-hydrogen) atoms. The Morgan fingerprint density at radius 3 is 2.45 bits per heavy atom. The van der Waals surface area contributed by atoms with Gasteiger partial charge in [-0.15, -0.1) is 0 Å². The summed E-state index contributed by atoms with van der Waals surface area (Å²) in [5.74, 6) is -0.258. The summed E-state index contributed by atoms with van der Waals surface area (Å²) in [4.78, 5) is 7.68. The van der Waals surface area contributed by atoms with E-state index in [0.717, 1.165) is 16.8 Å². The van der Waals surface area contributed by atoms with Gasteiger partial charge in [0.25, 0.3) is 0 Å². The highest BCUT2D eigenvalue weighted by Gasteiger charge is 2.26. The van der Waals surface area contributed by atoms with Gasteiger partial charge in [0.2, 0.25) is 0 Å². The maximum absolute atomic E-state index is 14.3. The molecule has 4 rings (SSSR count). The van der Waals surface area contributed by atoms with Crippen LogP contribution < -0.4 is 0 Å². The van der Waals surface area contributed by atoms with Crippen molar-refractivity contribution in [1.82, 2.24) is 4.90 Å². The van der Waals surface area contributed by atoms with Crippen LogP contribution >= 0.6 is 0 Å². The van der Waals surface area contributed by atoms with E-state index in [4.69, 9.17) is 9.57 Å². The molecule has 3 aromatic rings. The third kappa shape index (κ3) is 6.96. The maximum Gasteiger partial charge on any atom is 0.145 e. The average Bonchev–Trinajstić information content (AvgIpc) is 3.30. The van der Waals surface area contributed by atoms with Crippen molar-refractivity contribution in [3.05, 3.63) is 107 Å². The molecule has 0 saturated carbocycles. The highest BCUT2D eigenvalue weighted by Crippen LogP contribution is 2.19. The Kier molecular flexibility index (Phi) is 8.19. The van der Waals surface area contributed by atoms with E-state index in [-0.39, 0.29) is 18.5 Å². The molecule has 0 aromatic heterocycles. The molecule has 0 spiro atoms. The standard InChI is InChI=1S/C27H29FN2O3/c28-26-14-8-7-13-23(26)16-30(17-24(31)20-32-19-21-9-3-1-4-10-21)18-25-15-27(29-33-25)22-11-5-2-6-12-22/h1-14,24-25,31H,15-20H2/t24-,25-/m0/s1. The van der Waals surface area contributed by atoms with Crippen molar-refractivity contribution < 1.29 is 19.1 Å². The summed E-state index contributed by atoms with van der Waals surface area (Å²) < 4.78 is 20.0. The topological polar surface area (TPSA) is 54.3 Å². The number of rotatable bonds is 11. The quantitative estimate of drug-likeness (QED) is 0.473. The lowest BCUT2D eigenvalue weighted by atomic mass is 10.0. The Labute approximate surface area is 194 Å². The van der Waals surface area contributed by atoms with Crippen LogP contribution in [0.4, 0.5) is 4.39 Å². The first-order chi connectivity index (χ1) is 16.2. The zero-order chi connectivity index (χ0) is 22.9. The number of aliphatic hydroxyl groups is 1. The lowest BCUT2D eigenvalue weighted by Crippen LogP contribution is -2.39. The van der Waals surface area contributed by atoms with E-state index < -0.39 is 6.10 Å². The smallest absolute Gasteiger partial charge is 0.145 e. The van der Waals surface area contributed by atoms with Gasteiger partial charge in [0.05, 0.1) is 25.0 Å². The number of ether oxygens (including phenoxy) is 1. The second-order valence-corrected chi connectivity index (χ2v) is 8.28. The van der Waals surface area contributed by atoms with E-state index >= 15 is 0 Å². The van der Waals surface area contributed by atoms with Gasteiger partial charge in [-0.1, -0.05) is 84.0 Å². The molecule has 0 unspecified atom stereocenters. The number of hydrogen-bond donors (Lipinski definition) is 1. The van der Waals surface area contributed by atoms with Crippen molar-refractivity contribution in [2.75, 3.05) is 19.7 Å². The van der Waals surface area contributed by atoms with Crippen molar-refractivity contribution >= 4 is 5.71 Å². The van der Waals surface area contributed by atoms with Crippen LogP contribution in [0.1, 0.15) is 23.1 Å². The van der Waals surface area contributed by atoms with Crippen LogP contribution in [0.2, 0.25) is 0 Å². The Balaban J connectivity index is 1.34. The minimum atomic E-state index is -0.712. The molecular weight excluding hydrogens is 419 g/mol. The minimum Gasteiger partial charge on any atom is -0.390 e. The van der Waals surface area contributed by atoms with Gasteiger partial charge in [-0.25, -0.2) is 4.39 Å². The highest BCUT2D eigenvalue weighted by atomic mass is 19.1. The van der Waals surface area contributed by atoms with E-state index in [1.807, 2.05) is 71.6 Å². The van der Waals surface area contributed by atoms with Crippen LogP contribution in [-0.4, -0.2) is 47.6 Å². The van der Waals surface area contributed by atoms with Gasteiger partial charge in [0, 0.05) is 31.6 Å². The summed E-state index contributed by atoms with van der Waals surface area (Å²) in [6.07, 6.45) is -0.209. The van der Waals surface area contributed by atoms with E-state index in [2.05, 4.69) is 5.16 Å². The highest BCUT2D eigenvalue weighted by molar-refractivity contribution is 6.01. The molecule has 172 valence electrons. The van der Waals surface area contributed by atoms with Crippen LogP contribution in [0.25, 0.3) is 0 Å². The van der Waals surface area contributed by atoms with Crippen LogP contribution in [0, 0.1) is 5.82 Å². The summed E-state index contributed by atoms with van der Waals surface area (Å²) in [5, 5.41) is 14.9. The number of hydrogen-bond acceptors (Lipinski definition) is 5. The molecule has 0 bridgehead atoms. The van der Waals surface area contributed by atoms with Gasteiger partial charge in [0.15, 0.2) is 0 Å². The first-order valence-corrected chi connectivity index (χ1v) is 11.2. The molecule has 0 fully saturated rings. The van der Waals surface area contributed by atoms with Gasteiger partial charge >= 0.3 is 0 Å². The van der Waals surface area contributed by atoms with E-state index in [9.17, 15) is 9.50 Å². The summed E-state index contributed by atoms with van der Waals surface area (Å²) >= 11 is 0. The molecule has 6 heteroatoms. The molecule has 5 nitrogen and oxygen atoms in total. The van der Waals surface area contributed by atoms with Crippen LogP contribution in [0.15, 0.2) is 90.1 Å². The average molecular weight is 449 g/mol. The summed E-state index contributed by atoms with van der Waals surface area (Å²) in [5.41, 5.74) is 3.57. The summed E-state index contributed by atoms with van der Waals surface area (Å²) in [6.45, 7) is 1.85. The zero-order valence-corrected chi connectivity index (χ0v) is 18.5. The molecule has 1 aliphatic heterocycles. The molecular formula is C27H29FN2O3. The minimum absolute atomic E-state index is 0.163. The molecule has 0 saturated heterocycles. The lowest BCUT2D eigenvalue weighted by molar-refractivity contribution is -0.00670. The lowest BCUT2D eigenvalue weighted by Gasteiger charge is -2.27. The Morgan fingerprint density at radius 2 is 1.70 bits per heavy atom. The Morgan fingerprint density at radius 1 is 1.00 bits per heavy atom. The fourth-order valence-corrected chi connectivity index (χ4v) is 3.92. The molecule has 1 heterocycles. The number of nitrogens with zero attached hydrogens (tertiary/aromatic N) is 2. The van der Waals surface area contributed by atoms with Gasteiger partial charge in [0.1, 0.15) is 11.9 Å². The molecule has 0 radical (unpaired) electrons. The Hall–Kier alpha value is -3.06. The van der Waals surface area contributed by atoms with Crippen molar-refractivity contribution in [2.24, 2.45) is 5.16 Å². The van der Waals surface area contributed by atoms with Crippen LogP contribution in [0.3, 0.4) is 0 Å². The fraction of sp³-hybridized carbons (Fsp3) is 0.296. The molecule has 0 amide bonds. The molecule has 1 aliphatic rings. The number of halogens is 1. The number of aliphatic hydroxyl groups excluding tert-OH is 1. The maximum atomic E-state index is 14.3. The second-order valence-electron chi connectivity index (χ2n) is 8.28. The predicted molar refractivity (Wildman–Crippen MR) is 126 cm³/mol. The summed E-state index contributed by atoms with van der Waals surface area (Å²) in [6, 6.07) is 26.5. The van der Waals surface area contributed by atoms with Crippen molar-refractivity contribution in [2.45, 2.75) is 31.8 Å². The molecule has 3 aromatic carbocycles. The predicted octanol–water partition coefficient (Wildman–Crippen LogP) is 4.40. The van der Waals surface area contributed by atoms with Gasteiger partial charge in [-0.05, 0) is 17.2 Å². The van der Waals surface area contributed by atoms with Crippen LogP contribution in [-0.2, 0) is 22.7 Å². The third-order valence-corrected chi connectivity index (χ3v) is 5.54. The number of oxime groups is 1. The molecule has 1 N–H and O–H groups in total. The number of benzene rings is 3. The van der Waals surface area contributed by atoms with E-state index in [1.54, 1.807) is 12.1 Å². The van der Waals surface area contributed by atoms with Crippen LogP contribution in [0.5, 0.6) is 0 Å². The summed E-state index contributed by atoms with van der Waals surface area (Å²) in [7, 11) is 0. The monoisotopic (exact) mass is 448 g/mol.